The van der Waals surface area contributed by atoms with Gasteiger partial charge in [0.1, 0.15) is 5.52 Å². The van der Waals surface area contributed by atoms with Crippen LogP contribution in [0.1, 0.15) is 37.0 Å². The molecule has 0 atom stereocenters. The van der Waals surface area contributed by atoms with E-state index >= 15 is 0 Å². The predicted octanol–water partition coefficient (Wildman–Crippen LogP) is 2.24. The number of fused-ring (bicyclic) bond motifs is 1. The number of carbonyl (C=O) groups is 1. The molecule has 0 unspecified atom stereocenters. The van der Waals surface area contributed by atoms with Crippen molar-refractivity contribution in [1.29, 1.82) is 0 Å². The normalized spacial score (nSPS) is 14.1. The van der Waals surface area contributed by atoms with Crippen LogP contribution in [0, 0.1) is 0 Å². The highest BCUT2D eigenvalue weighted by atomic mass is 32.2. The van der Waals surface area contributed by atoms with Crippen molar-refractivity contribution < 1.29 is 17.9 Å². The van der Waals surface area contributed by atoms with Crippen molar-refractivity contribution in [1.82, 2.24) is 19.3 Å². The Kier molecular flexibility index (Phi) is 6.94. The first-order chi connectivity index (χ1) is 16.4. The summed E-state index contributed by atoms with van der Waals surface area (Å²) in [6.07, 6.45) is 1.96. The van der Waals surface area contributed by atoms with Gasteiger partial charge in [-0.2, -0.15) is 8.99 Å². The molecule has 0 spiro atoms. The van der Waals surface area contributed by atoms with E-state index in [9.17, 15) is 18.0 Å². The smallest absolute Gasteiger partial charge is 0.342 e. The van der Waals surface area contributed by atoms with E-state index in [0.29, 0.717) is 29.7 Å². The van der Waals surface area contributed by atoms with Gasteiger partial charge in [0.25, 0.3) is 5.56 Å². The molecule has 0 amide bonds. The van der Waals surface area contributed by atoms with Gasteiger partial charge in [-0.25, -0.2) is 13.2 Å². The quantitative estimate of drug-likeness (QED) is 0.446. The standard InChI is InChI=1S/C23H27N5O5S/c1-3-27(4-2)34(31,32)17-11-12-21(26-13-7-8-14-26)19(15-17)23(30)33-16-28-22(29)18-9-5-6-10-20(18)24-25-28/h5-6,9-12,15H,3-4,7-8,13-14,16H2,1-2H3. The molecule has 180 valence electrons. The molecule has 0 aliphatic carbocycles. The molecule has 0 N–H and O–H groups in total. The van der Waals surface area contributed by atoms with Gasteiger partial charge in [-0.05, 0) is 43.2 Å². The number of nitrogens with zero attached hydrogens (tertiary/aromatic N) is 5. The van der Waals surface area contributed by atoms with Crippen molar-refractivity contribution in [2.24, 2.45) is 0 Å². The van der Waals surface area contributed by atoms with E-state index in [4.69, 9.17) is 4.74 Å². The van der Waals surface area contributed by atoms with Crippen LogP contribution in [0.5, 0.6) is 0 Å². The van der Waals surface area contributed by atoms with E-state index in [0.717, 1.165) is 30.6 Å². The molecule has 4 rings (SSSR count). The molecule has 0 bridgehead atoms. The van der Waals surface area contributed by atoms with Crippen LogP contribution in [0.3, 0.4) is 0 Å². The van der Waals surface area contributed by atoms with Gasteiger partial charge >= 0.3 is 5.97 Å². The van der Waals surface area contributed by atoms with Crippen molar-refractivity contribution in [2.45, 2.75) is 38.3 Å². The van der Waals surface area contributed by atoms with Crippen molar-refractivity contribution in [3.05, 3.63) is 58.4 Å². The fraction of sp³-hybridized carbons (Fsp3) is 0.391. The zero-order chi connectivity index (χ0) is 24.3. The third-order valence-corrected chi connectivity index (χ3v) is 7.97. The molecule has 2 heterocycles. The van der Waals surface area contributed by atoms with Crippen LogP contribution >= 0.6 is 0 Å². The van der Waals surface area contributed by atoms with Gasteiger partial charge in [0.15, 0.2) is 6.73 Å². The summed E-state index contributed by atoms with van der Waals surface area (Å²) in [6.45, 7) is 5.23. The van der Waals surface area contributed by atoms with E-state index < -0.39 is 28.3 Å². The molecular formula is C23H27N5O5S. The minimum absolute atomic E-state index is 0.0220. The summed E-state index contributed by atoms with van der Waals surface area (Å²) in [5.74, 6) is -0.736. The number of ether oxygens (including phenoxy) is 1. The first-order valence-corrected chi connectivity index (χ1v) is 12.7. The molecule has 1 aliphatic heterocycles. The lowest BCUT2D eigenvalue weighted by atomic mass is 10.1. The summed E-state index contributed by atoms with van der Waals surface area (Å²) < 4.78 is 33.8. The maximum atomic E-state index is 13.1. The third-order valence-electron chi connectivity index (χ3n) is 5.93. The average Bonchev–Trinajstić information content (AvgIpc) is 3.39. The molecule has 1 fully saturated rings. The van der Waals surface area contributed by atoms with E-state index in [1.54, 1.807) is 44.2 Å². The Morgan fingerprint density at radius 3 is 2.50 bits per heavy atom. The summed E-state index contributed by atoms with van der Waals surface area (Å²) in [6, 6.07) is 11.3. The SMILES string of the molecule is CCN(CC)S(=O)(=O)c1ccc(N2CCCC2)c(C(=O)OCn2nnc3ccccc3c2=O)c1. The highest BCUT2D eigenvalue weighted by molar-refractivity contribution is 7.89. The molecule has 1 saturated heterocycles. The Bertz CT molecular complexity index is 1360. The van der Waals surface area contributed by atoms with Crippen LogP contribution in [0.25, 0.3) is 10.9 Å². The van der Waals surface area contributed by atoms with Gasteiger partial charge in [0, 0.05) is 26.2 Å². The van der Waals surface area contributed by atoms with E-state index in [-0.39, 0.29) is 10.5 Å². The second-order valence-electron chi connectivity index (χ2n) is 7.93. The fourth-order valence-corrected chi connectivity index (χ4v) is 5.58. The number of sulfonamides is 1. The predicted molar refractivity (Wildman–Crippen MR) is 127 cm³/mol. The molecule has 0 saturated carbocycles. The molecule has 11 heteroatoms. The summed E-state index contributed by atoms with van der Waals surface area (Å²) in [5, 5.41) is 8.18. The van der Waals surface area contributed by atoms with Crippen molar-refractivity contribution >= 4 is 32.6 Å². The molecular weight excluding hydrogens is 458 g/mol. The number of esters is 1. The lowest BCUT2D eigenvalue weighted by Crippen LogP contribution is -2.31. The first-order valence-electron chi connectivity index (χ1n) is 11.3. The van der Waals surface area contributed by atoms with Gasteiger partial charge in [-0.1, -0.05) is 31.2 Å². The van der Waals surface area contributed by atoms with Crippen LogP contribution in [0.2, 0.25) is 0 Å². The first kappa shape index (κ1) is 23.8. The van der Waals surface area contributed by atoms with Crippen molar-refractivity contribution in [3.8, 4) is 0 Å². The van der Waals surface area contributed by atoms with Crippen molar-refractivity contribution in [2.75, 3.05) is 31.1 Å². The largest absolute Gasteiger partial charge is 0.438 e. The van der Waals surface area contributed by atoms with Gasteiger partial charge in [-0.15, -0.1) is 5.10 Å². The second-order valence-corrected chi connectivity index (χ2v) is 9.87. The average molecular weight is 486 g/mol. The topological polar surface area (TPSA) is 115 Å². The Morgan fingerprint density at radius 1 is 1.09 bits per heavy atom. The van der Waals surface area contributed by atoms with E-state index in [2.05, 4.69) is 10.3 Å². The number of benzene rings is 2. The highest BCUT2D eigenvalue weighted by Crippen LogP contribution is 2.29. The molecule has 0 radical (unpaired) electrons. The maximum absolute atomic E-state index is 13.1. The van der Waals surface area contributed by atoms with Crippen LogP contribution < -0.4 is 10.5 Å². The molecule has 2 aromatic carbocycles. The minimum atomic E-state index is -3.77. The molecule has 10 nitrogen and oxygen atoms in total. The lowest BCUT2D eigenvalue weighted by molar-refractivity contribution is 0.0336. The summed E-state index contributed by atoms with van der Waals surface area (Å²) in [7, 11) is -3.77. The number of carbonyl (C=O) groups excluding carboxylic acids is 1. The fourth-order valence-electron chi connectivity index (χ4n) is 4.09. The van der Waals surface area contributed by atoms with Gasteiger partial charge in [0.05, 0.1) is 21.5 Å². The number of hydrogen-bond acceptors (Lipinski definition) is 8. The van der Waals surface area contributed by atoms with E-state index in [1.165, 1.54) is 16.4 Å². The van der Waals surface area contributed by atoms with Gasteiger partial charge in [-0.3, -0.25) is 4.79 Å². The number of aromatic nitrogens is 3. The zero-order valence-corrected chi connectivity index (χ0v) is 20.0. The van der Waals surface area contributed by atoms with Crippen LogP contribution in [-0.2, 0) is 21.5 Å². The Morgan fingerprint density at radius 2 is 1.79 bits per heavy atom. The molecule has 3 aromatic rings. The summed E-state index contributed by atoms with van der Waals surface area (Å²) in [4.78, 5) is 27.9. The van der Waals surface area contributed by atoms with Gasteiger partial charge in [0.2, 0.25) is 10.0 Å². The second kappa shape index (κ2) is 9.90. The highest BCUT2D eigenvalue weighted by Gasteiger charge is 2.27. The Hall–Kier alpha value is -3.31. The van der Waals surface area contributed by atoms with Gasteiger partial charge < -0.3 is 9.64 Å². The van der Waals surface area contributed by atoms with Crippen LogP contribution in [0.15, 0.2) is 52.2 Å². The lowest BCUT2D eigenvalue weighted by Gasteiger charge is -2.23. The maximum Gasteiger partial charge on any atom is 0.342 e. The Balaban J connectivity index is 1.66. The van der Waals surface area contributed by atoms with Crippen molar-refractivity contribution in [3.63, 3.8) is 0 Å². The summed E-state index contributed by atoms with van der Waals surface area (Å²) >= 11 is 0. The molecule has 34 heavy (non-hydrogen) atoms. The Labute approximate surface area is 197 Å². The molecule has 1 aromatic heterocycles. The third kappa shape index (κ3) is 4.53. The monoisotopic (exact) mass is 485 g/mol. The summed E-state index contributed by atoms with van der Waals surface area (Å²) in [5.41, 5.74) is 0.756. The number of anilines is 1. The van der Waals surface area contributed by atoms with Crippen LogP contribution in [0.4, 0.5) is 5.69 Å². The van der Waals surface area contributed by atoms with Crippen LogP contribution in [-0.4, -0.2) is 59.9 Å². The number of rotatable bonds is 8. The zero-order valence-electron chi connectivity index (χ0n) is 19.2. The van der Waals surface area contributed by atoms with E-state index in [1.807, 2.05) is 4.90 Å². The number of hydrogen-bond donors (Lipinski definition) is 0. The molecule has 1 aliphatic rings. The minimum Gasteiger partial charge on any atom is -0.438 e.